The van der Waals surface area contributed by atoms with Crippen LogP contribution in [0.4, 0.5) is 0 Å². The van der Waals surface area contributed by atoms with Crippen molar-refractivity contribution in [2.75, 3.05) is 0 Å². The van der Waals surface area contributed by atoms with Crippen molar-refractivity contribution in [2.45, 2.75) is 59.5 Å². The van der Waals surface area contributed by atoms with Gasteiger partial charge in [0.15, 0.2) is 0 Å². The minimum atomic E-state index is 0.245. The molecule has 1 aromatic heterocycles. The Morgan fingerprint density at radius 3 is 2.29 bits per heavy atom. The van der Waals surface area contributed by atoms with Gasteiger partial charge in [0, 0.05) is 10.9 Å². The van der Waals surface area contributed by atoms with Crippen molar-refractivity contribution < 1.29 is 0 Å². The van der Waals surface area contributed by atoms with Crippen LogP contribution in [-0.4, -0.2) is 11.0 Å². The van der Waals surface area contributed by atoms with Gasteiger partial charge in [0.05, 0.1) is 11.7 Å². The van der Waals surface area contributed by atoms with Gasteiger partial charge in [-0.1, -0.05) is 12.1 Å². The Morgan fingerprint density at radius 1 is 1.05 bits per heavy atom. The fraction of sp³-hybridized carbons (Fsp3) is 0.500. The molecule has 0 bridgehead atoms. The van der Waals surface area contributed by atoms with E-state index >= 15 is 0 Å². The van der Waals surface area contributed by atoms with E-state index in [1.165, 1.54) is 50.7 Å². The van der Waals surface area contributed by atoms with Gasteiger partial charge in [-0.25, -0.2) is 4.98 Å². The van der Waals surface area contributed by atoms with Crippen LogP contribution >= 0.6 is 11.3 Å². The summed E-state index contributed by atoms with van der Waals surface area (Å²) in [5, 5.41) is 5.01. The van der Waals surface area contributed by atoms with E-state index in [1.54, 1.807) is 0 Å². The van der Waals surface area contributed by atoms with Crippen molar-refractivity contribution in [2.24, 2.45) is 0 Å². The van der Waals surface area contributed by atoms with Gasteiger partial charge in [-0.3, -0.25) is 0 Å². The maximum atomic E-state index is 4.82. The molecule has 112 valence electrons. The molecule has 0 amide bonds. The summed E-state index contributed by atoms with van der Waals surface area (Å²) in [6.07, 6.45) is 2.59. The van der Waals surface area contributed by atoms with E-state index in [1.807, 2.05) is 11.3 Å². The van der Waals surface area contributed by atoms with E-state index in [2.05, 4.69) is 52.1 Å². The Morgan fingerprint density at radius 2 is 1.71 bits per heavy atom. The molecule has 1 aliphatic rings. The molecule has 1 unspecified atom stereocenters. The van der Waals surface area contributed by atoms with E-state index in [0.29, 0.717) is 6.04 Å². The molecule has 0 aliphatic heterocycles. The van der Waals surface area contributed by atoms with Crippen LogP contribution in [0.1, 0.15) is 56.7 Å². The van der Waals surface area contributed by atoms with Crippen LogP contribution in [0.25, 0.3) is 0 Å². The molecule has 1 atom stereocenters. The largest absolute Gasteiger partial charge is 0.301 e. The highest BCUT2D eigenvalue weighted by molar-refractivity contribution is 7.11. The first-order valence-corrected chi connectivity index (χ1v) is 8.55. The molecule has 1 aromatic carbocycles. The molecule has 3 heteroatoms. The molecule has 0 spiro atoms. The summed E-state index contributed by atoms with van der Waals surface area (Å²) in [4.78, 5) is 6.14. The van der Waals surface area contributed by atoms with Crippen molar-refractivity contribution in [3.05, 3.63) is 50.0 Å². The molecule has 2 nitrogen and oxygen atoms in total. The van der Waals surface area contributed by atoms with Gasteiger partial charge in [-0.2, -0.15) is 0 Å². The van der Waals surface area contributed by atoms with Crippen LogP contribution in [0.2, 0.25) is 0 Å². The molecular formula is C18H24N2S. The van der Waals surface area contributed by atoms with Gasteiger partial charge in [0.2, 0.25) is 0 Å². The maximum Gasteiger partial charge on any atom is 0.115 e. The Balaban J connectivity index is 2.04. The summed E-state index contributed by atoms with van der Waals surface area (Å²) in [6, 6.07) is 5.56. The molecule has 21 heavy (non-hydrogen) atoms. The van der Waals surface area contributed by atoms with Crippen LogP contribution in [0.5, 0.6) is 0 Å². The molecule has 2 aromatic rings. The minimum Gasteiger partial charge on any atom is -0.301 e. The molecule has 1 saturated carbocycles. The van der Waals surface area contributed by atoms with Crippen molar-refractivity contribution in [3.8, 4) is 0 Å². The Hall–Kier alpha value is -1.19. The molecule has 0 radical (unpaired) electrons. The monoisotopic (exact) mass is 300 g/mol. The number of rotatable bonds is 4. The Kier molecular flexibility index (Phi) is 3.89. The second-order valence-corrected chi connectivity index (χ2v) is 7.60. The topological polar surface area (TPSA) is 24.9 Å². The summed E-state index contributed by atoms with van der Waals surface area (Å²) in [7, 11) is 0. The van der Waals surface area contributed by atoms with Crippen molar-refractivity contribution in [3.63, 3.8) is 0 Å². The van der Waals surface area contributed by atoms with Gasteiger partial charge in [0.25, 0.3) is 0 Å². The molecule has 1 aliphatic carbocycles. The lowest BCUT2D eigenvalue weighted by Gasteiger charge is -2.20. The highest BCUT2D eigenvalue weighted by Gasteiger charge is 2.29. The van der Waals surface area contributed by atoms with Gasteiger partial charge < -0.3 is 5.32 Å². The van der Waals surface area contributed by atoms with E-state index < -0.39 is 0 Å². The second-order valence-electron chi connectivity index (χ2n) is 6.36. The lowest BCUT2D eigenvalue weighted by Crippen LogP contribution is -2.25. The van der Waals surface area contributed by atoms with E-state index in [4.69, 9.17) is 4.98 Å². The van der Waals surface area contributed by atoms with Crippen LogP contribution in [0.15, 0.2) is 12.1 Å². The lowest BCUT2D eigenvalue weighted by molar-refractivity contribution is 0.594. The SMILES string of the molecule is Cc1cc(C)c(C(NC2CC2)c2nc(C)c(C)s2)cc1C. The first kappa shape index (κ1) is 14.7. The number of nitrogens with zero attached hydrogens (tertiary/aromatic N) is 1. The molecule has 1 heterocycles. The third-order valence-corrected chi connectivity index (χ3v) is 5.60. The number of aromatic nitrogens is 1. The fourth-order valence-corrected chi connectivity index (χ4v) is 3.70. The van der Waals surface area contributed by atoms with Gasteiger partial charge in [0.1, 0.15) is 5.01 Å². The first-order valence-electron chi connectivity index (χ1n) is 7.73. The van der Waals surface area contributed by atoms with E-state index in [0.717, 1.165) is 0 Å². The third kappa shape index (κ3) is 3.04. The zero-order valence-corrected chi connectivity index (χ0v) is 14.4. The zero-order chi connectivity index (χ0) is 15.1. The zero-order valence-electron chi connectivity index (χ0n) is 13.6. The average Bonchev–Trinajstić information content (AvgIpc) is 3.18. The van der Waals surface area contributed by atoms with Crippen LogP contribution in [0.3, 0.4) is 0 Å². The normalized spacial score (nSPS) is 16.2. The summed E-state index contributed by atoms with van der Waals surface area (Å²) in [6.45, 7) is 10.9. The number of thiazole rings is 1. The van der Waals surface area contributed by atoms with Crippen molar-refractivity contribution in [1.82, 2.24) is 10.3 Å². The summed E-state index contributed by atoms with van der Waals surface area (Å²) in [5.41, 5.74) is 6.65. The molecule has 1 N–H and O–H groups in total. The molecule has 3 rings (SSSR count). The standard InChI is InChI=1S/C18H24N2S/c1-10-8-12(3)16(9-11(10)2)17(20-15-6-7-15)18-19-13(4)14(5)21-18/h8-9,15,17,20H,6-7H2,1-5H3. The highest BCUT2D eigenvalue weighted by atomic mass is 32.1. The predicted octanol–water partition coefficient (Wildman–Crippen LogP) is 4.53. The summed E-state index contributed by atoms with van der Waals surface area (Å²) >= 11 is 1.83. The van der Waals surface area contributed by atoms with E-state index in [-0.39, 0.29) is 6.04 Å². The van der Waals surface area contributed by atoms with Crippen LogP contribution in [-0.2, 0) is 0 Å². The minimum absolute atomic E-state index is 0.245. The van der Waals surface area contributed by atoms with Crippen LogP contribution in [0, 0.1) is 34.6 Å². The number of aryl methyl sites for hydroxylation is 5. The Labute approximate surface area is 131 Å². The lowest BCUT2D eigenvalue weighted by atomic mass is 9.96. The maximum absolute atomic E-state index is 4.82. The van der Waals surface area contributed by atoms with Gasteiger partial charge in [-0.15, -0.1) is 11.3 Å². The van der Waals surface area contributed by atoms with Crippen LogP contribution < -0.4 is 5.32 Å². The first-order chi connectivity index (χ1) is 9.95. The second kappa shape index (κ2) is 5.54. The van der Waals surface area contributed by atoms with Crippen molar-refractivity contribution >= 4 is 11.3 Å². The number of hydrogen-bond donors (Lipinski definition) is 1. The van der Waals surface area contributed by atoms with Gasteiger partial charge in [-0.05, 0) is 69.7 Å². The smallest absolute Gasteiger partial charge is 0.115 e. The Bertz CT molecular complexity index is 649. The fourth-order valence-electron chi connectivity index (χ4n) is 2.69. The number of nitrogens with one attached hydrogen (secondary N) is 1. The quantitative estimate of drug-likeness (QED) is 0.897. The summed E-state index contributed by atoms with van der Waals surface area (Å²) in [5.74, 6) is 0. The third-order valence-electron chi connectivity index (χ3n) is 4.47. The average molecular weight is 300 g/mol. The highest BCUT2D eigenvalue weighted by Crippen LogP contribution is 2.34. The molecule has 1 fully saturated rings. The molecular weight excluding hydrogens is 276 g/mol. The van der Waals surface area contributed by atoms with Gasteiger partial charge >= 0.3 is 0 Å². The summed E-state index contributed by atoms with van der Waals surface area (Å²) < 4.78 is 0. The number of benzene rings is 1. The van der Waals surface area contributed by atoms with Crippen molar-refractivity contribution in [1.29, 1.82) is 0 Å². The number of hydrogen-bond acceptors (Lipinski definition) is 3. The van der Waals surface area contributed by atoms with E-state index in [9.17, 15) is 0 Å². The molecule has 0 saturated heterocycles. The predicted molar refractivity (Wildman–Crippen MR) is 90.2 cm³/mol.